The second-order valence-corrected chi connectivity index (χ2v) is 7.16. The minimum atomic E-state index is -0.220. The van der Waals surface area contributed by atoms with E-state index in [0.717, 1.165) is 12.0 Å². The fourth-order valence-electron chi connectivity index (χ4n) is 2.05. The number of rotatable bonds is 3. The van der Waals surface area contributed by atoms with Gasteiger partial charge in [0.15, 0.2) is 6.19 Å². The highest BCUT2D eigenvalue weighted by Crippen LogP contribution is 2.45. The second-order valence-electron chi connectivity index (χ2n) is 7.16. The standard InChI is InChI=1S/C18H26N2O/c1-14(2)9-12-20(13-19)16(21)15-7-10-18(6,11-8-15)17(3,4)5/h7-10H,11-12H2,1-6H3. The number of hydrogen-bond acceptors (Lipinski definition) is 2. The lowest BCUT2D eigenvalue weighted by atomic mass is 9.64. The van der Waals surface area contributed by atoms with Crippen LogP contribution in [0.3, 0.4) is 0 Å². The van der Waals surface area contributed by atoms with E-state index in [1.165, 1.54) is 4.90 Å². The Kier molecular flexibility index (Phi) is 5.17. The molecule has 3 nitrogen and oxygen atoms in total. The Labute approximate surface area is 128 Å². The van der Waals surface area contributed by atoms with E-state index in [1.807, 2.05) is 38.3 Å². The first-order valence-corrected chi connectivity index (χ1v) is 7.35. The third-order valence-electron chi connectivity index (χ3n) is 4.39. The molecule has 1 aliphatic carbocycles. The lowest BCUT2D eigenvalue weighted by Gasteiger charge is -2.40. The fourth-order valence-corrected chi connectivity index (χ4v) is 2.05. The Bertz CT molecular complexity index is 537. The maximum atomic E-state index is 12.4. The van der Waals surface area contributed by atoms with E-state index in [1.54, 1.807) is 0 Å². The molecular weight excluding hydrogens is 260 g/mol. The van der Waals surface area contributed by atoms with Crippen LogP contribution in [0.2, 0.25) is 0 Å². The first kappa shape index (κ1) is 17.2. The molecule has 0 saturated carbocycles. The van der Waals surface area contributed by atoms with Crippen LogP contribution in [-0.4, -0.2) is 17.4 Å². The fraction of sp³-hybridized carbons (Fsp3) is 0.556. The predicted molar refractivity (Wildman–Crippen MR) is 86.2 cm³/mol. The Morgan fingerprint density at radius 1 is 1.48 bits per heavy atom. The number of nitrogens with zero attached hydrogens (tertiary/aromatic N) is 2. The monoisotopic (exact) mass is 286 g/mol. The molecule has 0 aromatic carbocycles. The van der Waals surface area contributed by atoms with Gasteiger partial charge < -0.3 is 0 Å². The molecule has 3 heteroatoms. The molecule has 1 unspecified atom stereocenters. The second kappa shape index (κ2) is 6.30. The largest absolute Gasteiger partial charge is 0.268 e. The molecule has 1 rings (SSSR count). The Morgan fingerprint density at radius 3 is 2.48 bits per heavy atom. The van der Waals surface area contributed by atoms with Crippen LogP contribution in [0.1, 0.15) is 48.0 Å². The topological polar surface area (TPSA) is 44.1 Å². The van der Waals surface area contributed by atoms with Gasteiger partial charge in [0.2, 0.25) is 0 Å². The summed E-state index contributed by atoms with van der Waals surface area (Å²) in [5, 5.41) is 9.15. The molecule has 0 radical (unpaired) electrons. The van der Waals surface area contributed by atoms with Gasteiger partial charge in [-0.15, -0.1) is 0 Å². The minimum absolute atomic E-state index is 0.0359. The van der Waals surface area contributed by atoms with E-state index in [0.29, 0.717) is 12.1 Å². The van der Waals surface area contributed by atoms with Crippen LogP contribution < -0.4 is 0 Å². The van der Waals surface area contributed by atoms with Gasteiger partial charge in [0, 0.05) is 5.57 Å². The number of carbonyl (C=O) groups is 1. The molecule has 0 saturated heterocycles. The Morgan fingerprint density at radius 2 is 2.10 bits per heavy atom. The SMILES string of the molecule is CC(C)=CCN(C#N)C(=O)C1=CCC(C)(C(C)(C)C)C=C1. The average Bonchev–Trinajstić information content (AvgIpc) is 2.38. The zero-order valence-corrected chi connectivity index (χ0v) is 14.0. The van der Waals surface area contributed by atoms with Crippen LogP contribution in [0.25, 0.3) is 0 Å². The summed E-state index contributed by atoms with van der Waals surface area (Å²) in [6.45, 7) is 13.0. The van der Waals surface area contributed by atoms with Crippen LogP contribution in [0.5, 0.6) is 0 Å². The van der Waals surface area contributed by atoms with Gasteiger partial charge in [-0.1, -0.05) is 57.6 Å². The number of amides is 1. The molecule has 0 N–H and O–H groups in total. The molecule has 0 aromatic rings. The minimum Gasteiger partial charge on any atom is -0.268 e. The molecule has 1 amide bonds. The summed E-state index contributed by atoms with van der Waals surface area (Å²) in [4.78, 5) is 13.6. The zero-order valence-electron chi connectivity index (χ0n) is 14.0. The molecule has 1 atom stereocenters. The highest BCUT2D eigenvalue weighted by atomic mass is 16.2. The van der Waals surface area contributed by atoms with Crippen molar-refractivity contribution < 1.29 is 4.79 Å². The molecule has 0 aromatic heterocycles. The van der Waals surface area contributed by atoms with Gasteiger partial charge in [-0.05, 0) is 31.1 Å². The van der Waals surface area contributed by atoms with Crippen molar-refractivity contribution in [2.24, 2.45) is 10.8 Å². The van der Waals surface area contributed by atoms with Crippen molar-refractivity contribution in [1.82, 2.24) is 4.90 Å². The van der Waals surface area contributed by atoms with Crippen molar-refractivity contribution in [2.75, 3.05) is 6.54 Å². The van der Waals surface area contributed by atoms with Gasteiger partial charge in [0.05, 0.1) is 6.54 Å². The van der Waals surface area contributed by atoms with E-state index in [2.05, 4.69) is 33.8 Å². The van der Waals surface area contributed by atoms with Crippen molar-refractivity contribution in [3.05, 3.63) is 35.5 Å². The van der Waals surface area contributed by atoms with Gasteiger partial charge >= 0.3 is 0 Å². The molecule has 0 aliphatic heterocycles. The Hall–Kier alpha value is -1.82. The van der Waals surface area contributed by atoms with Crippen LogP contribution in [0, 0.1) is 22.3 Å². The van der Waals surface area contributed by atoms with Crippen molar-refractivity contribution >= 4 is 5.91 Å². The van der Waals surface area contributed by atoms with Crippen LogP contribution in [0.15, 0.2) is 35.5 Å². The highest BCUT2D eigenvalue weighted by Gasteiger charge is 2.36. The molecule has 1 aliphatic rings. The van der Waals surface area contributed by atoms with E-state index in [9.17, 15) is 4.79 Å². The van der Waals surface area contributed by atoms with Gasteiger partial charge in [-0.3, -0.25) is 4.79 Å². The number of allylic oxidation sites excluding steroid dienone is 3. The summed E-state index contributed by atoms with van der Waals surface area (Å²) in [6, 6.07) is 0. The first-order valence-electron chi connectivity index (χ1n) is 7.35. The maximum absolute atomic E-state index is 12.4. The van der Waals surface area contributed by atoms with Crippen molar-refractivity contribution in [3.63, 3.8) is 0 Å². The molecule has 0 heterocycles. The zero-order chi connectivity index (χ0) is 16.3. The summed E-state index contributed by atoms with van der Waals surface area (Å²) in [6.07, 6.45) is 10.6. The molecule has 114 valence electrons. The van der Waals surface area contributed by atoms with Crippen molar-refractivity contribution in [1.29, 1.82) is 5.26 Å². The third kappa shape index (κ3) is 4.07. The molecule has 0 fully saturated rings. The van der Waals surface area contributed by atoms with Crippen LogP contribution in [-0.2, 0) is 4.79 Å². The number of carbonyl (C=O) groups excluding carboxylic acids is 1. The van der Waals surface area contributed by atoms with E-state index in [-0.39, 0.29) is 16.7 Å². The summed E-state index contributed by atoms with van der Waals surface area (Å²) < 4.78 is 0. The predicted octanol–water partition coefficient (Wildman–Crippen LogP) is 4.20. The normalized spacial score (nSPS) is 21.3. The van der Waals surface area contributed by atoms with Gasteiger partial charge in [0.1, 0.15) is 0 Å². The summed E-state index contributed by atoms with van der Waals surface area (Å²) in [7, 11) is 0. The van der Waals surface area contributed by atoms with Gasteiger partial charge in [-0.25, -0.2) is 4.90 Å². The van der Waals surface area contributed by atoms with Crippen LogP contribution >= 0.6 is 0 Å². The van der Waals surface area contributed by atoms with Gasteiger partial charge in [-0.2, -0.15) is 5.26 Å². The summed E-state index contributed by atoms with van der Waals surface area (Å²) in [5.74, 6) is -0.220. The third-order valence-corrected chi connectivity index (χ3v) is 4.39. The van der Waals surface area contributed by atoms with E-state index in [4.69, 9.17) is 5.26 Å². The molecule has 0 bridgehead atoms. The van der Waals surface area contributed by atoms with E-state index >= 15 is 0 Å². The quantitative estimate of drug-likeness (QED) is 0.443. The smallest absolute Gasteiger partial charge is 0.266 e. The first-order chi connectivity index (χ1) is 9.60. The van der Waals surface area contributed by atoms with Crippen LogP contribution in [0.4, 0.5) is 0 Å². The lowest BCUT2D eigenvalue weighted by Crippen LogP contribution is -2.33. The highest BCUT2D eigenvalue weighted by molar-refractivity contribution is 5.97. The van der Waals surface area contributed by atoms with E-state index < -0.39 is 0 Å². The molecule has 21 heavy (non-hydrogen) atoms. The molecule has 0 spiro atoms. The number of hydrogen-bond donors (Lipinski definition) is 0. The van der Waals surface area contributed by atoms with Crippen molar-refractivity contribution in [3.8, 4) is 6.19 Å². The Balaban J connectivity index is 2.86. The average molecular weight is 286 g/mol. The summed E-state index contributed by atoms with van der Waals surface area (Å²) in [5.41, 5.74) is 1.87. The molecular formula is C18H26N2O. The van der Waals surface area contributed by atoms with Crippen molar-refractivity contribution in [2.45, 2.75) is 48.0 Å². The summed E-state index contributed by atoms with van der Waals surface area (Å²) >= 11 is 0. The lowest BCUT2D eigenvalue weighted by molar-refractivity contribution is -0.123. The number of nitriles is 1. The maximum Gasteiger partial charge on any atom is 0.266 e. The van der Waals surface area contributed by atoms with Gasteiger partial charge in [0.25, 0.3) is 5.91 Å².